The van der Waals surface area contributed by atoms with Crippen LogP contribution in [0.15, 0.2) is 35.1 Å². The van der Waals surface area contributed by atoms with E-state index in [2.05, 4.69) is 15.2 Å². The Balaban J connectivity index is 0.00000267. The maximum absolute atomic E-state index is 13.7. The van der Waals surface area contributed by atoms with Gasteiger partial charge in [0.1, 0.15) is 11.6 Å². The normalized spacial score (nSPS) is 17.4. The fourth-order valence-corrected chi connectivity index (χ4v) is 5.36. The number of hydrogen-bond acceptors (Lipinski definition) is 4. The summed E-state index contributed by atoms with van der Waals surface area (Å²) >= 11 is 0. The quantitative estimate of drug-likeness (QED) is 0.408. The predicted molar refractivity (Wildman–Crippen MR) is 131 cm³/mol. The molecular formula is C25H23ClF3N5O2. The molecule has 1 saturated carbocycles. The average molecular weight is 518 g/mol. The fourth-order valence-electron chi connectivity index (χ4n) is 5.36. The van der Waals surface area contributed by atoms with E-state index in [4.69, 9.17) is 0 Å². The molecule has 1 fully saturated rings. The van der Waals surface area contributed by atoms with Gasteiger partial charge in [0.2, 0.25) is 11.6 Å². The fraction of sp³-hybridized carbons (Fsp3) is 0.360. The lowest BCUT2D eigenvalue weighted by atomic mass is 9.86. The highest BCUT2D eigenvalue weighted by atomic mass is 35.5. The van der Waals surface area contributed by atoms with Gasteiger partial charge in [-0.2, -0.15) is 0 Å². The van der Waals surface area contributed by atoms with Crippen LogP contribution in [-0.4, -0.2) is 38.0 Å². The summed E-state index contributed by atoms with van der Waals surface area (Å²) in [4.78, 5) is 30.7. The number of aryl methyl sites for hydroxylation is 1. The molecule has 4 aromatic rings. The second kappa shape index (κ2) is 8.62. The molecule has 0 spiro atoms. The summed E-state index contributed by atoms with van der Waals surface area (Å²) in [5.41, 5.74) is 3.21. The van der Waals surface area contributed by atoms with Crippen molar-refractivity contribution in [1.29, 1.82) is 0 Å². The van der Waals surface area contributed by atoms with Gasteiger partial charge in [0, 0.05) is 36.6 Å². The number of H-pyrrole nitrogens is 1. The maximum Gasteiger partial charge on any atom is 0.294 e. The maximum atomic E-state index is 13.7. The molecule has 188 valence electrons. The van der Waals surface area contributed by atoms with E-state index in [1.54, 1.807) is 34.4 Å². The van der Waals surface area contributed by atoms with Crippen LogP contribution in [0.25, 0.3) is 16.7 Å². The zero-order valence-electron chi connectivity index (χ0n) is 19.4. The molecule has 0 unspecified atom stereocenters. The Hall–Kier alpha value is -3.40. The Bertz CT molecular complexity index is 1570. The number of aromatic amines is 1. The van der Waals surface area contributed by atoms with Crippen molar-refractivity contribution in [2.24, 2.45) is 0 Å². The van der Waals surface area contributed by atoms with Crippen LogP contribution in [0.2, 0.25) is 0 Å². The molecular weight excluding hydrogens is 495 g/mol. The molecule has 2 aromatic carbocycles. The van der Waals surface area contributed by atoms with Gasteiger partial charge in [0.05, 0.1) is 11.0 Å². The Labute approximate surface area is 209 Å². The third kappa shape index (κ3) is 3.84. The minimum Gasteiger partial charge on any atom is -0.317 e. The van der Waals surface area contributed by atoms with E-state index < -0.39 is 11.5 Å². The van der Waals surface area contributed by atoms with Crippen LogP contribution in [0.1, 0.15) is 58.9 Å². The highest BCUT2D eigenvalue weighted by Crippen LogP contribution is 2.40. The van der Waals surface area contributed by atoms with Crippen LogP contribution in [0.4, 0.5) is 18.9 Å². The number of hydrogen-bond donors (Lipinski definition) is 1. The van der Waals surface area contributed by atoms with Gasteiger partial charge in [-0.05, 0) is 67.6 Å². The lowest BCUT2D eigenvalue weighted by Crippen LogP contribution is -2.29. The smallest absolute Gasteiger partial charge is 0.294 e. The molecule has 2 aromatic heterocycles. The van der Waals surface area contributed by atoms with Crippen molar-refractivity contribution in [2.45, 2.75) is 50.9 Å². The molecule has 0 atom stereocenters. The zero-order valence-corrected chi connectivity index (χ0v) is 20.2. The molecule has 3 heterocycles. The van der Waals surface area contributed by atoms with E-state index in [-0.39, 0.29) is 61.4 Å². The van der Waals surface area contributed by atoms with Crippen molar-refractivity contribution >= 4 is 40.7 Å². The first-order chi connectivity index (χ1) is 16.7. The SMILES string of the molecule is Cc1cc2c(cc1C(=O)N1CCc3cc(F)ccc31)[nH]c(=O)c1nnc(C3CCC(F)(F)CC3)n12.Cl. The lowest BCUT2D eigenvalue weighted by Gasteiger charge is -2.27. The van der Waals surface area contributed by atoms with Crippen molar-refractivity contribution in [3.05, 3.63) is 69.0 Å². The van der Waals surface area contributed by atoms with Gasteiger partial charge in [0.25, 0.3) is 11.5 Å². The molecule has 36 heavy (non-hydrogen) atoms. The highest BCUT2D eigenvalue weighted by Gasteiger charge is 2.37. The van der Waals surface area contributed by atoms with Gasteiger partial charge in [0.15, 0.2) is 0 Å². The van der Waals surface area contributed by atoms with Gasteiger partial charge in [-0.25, -0.2) is 13.2 Å². The Morgan fingerprint density at radius 1 is 1.14 bits per heavy atom. The number of carbonyl (C=O) groups is 1. The monoisotopic (exact) mass is 517 g/mol. The van der Waals surface area contributed by atoms with Crippen molar-refractivity contribution in [1.82, 2.24) is 19.6 Å². The Kier molecular flexibility index (Phi) is 5.82. The summed E-state index contributed by atoms with van der Waals surface area (Å²) in [5.74, 6) is -3.01. The molecule has 6 rings (SSSR count). The average Bonchev–Trinajstić information content (AvgIpc) is 3.44. The standard InChI is InChI=1S/C25H22F3N5O2.ClH/c1-13-10-20-18(12-17(13)24(35)32-9-6-15-11-16(26)2-3-19(15)32)29-23(34)22-31-30-21(33(20)22)14-4-7-25(27,28)8-5-14;/h2-3,10-12,14H,4-9H2,1H3,(H,29,34);1H. The first-order valence-corrected chi connectivity index (χ1v) is 11.6. The van der Waals surface area contributed by atoms with Crippen LogP contribution in [0, 0.1) is 12.7 Å². The number of aromatic nitrogens is 4. The van der Waals surface area contributed by atoms with Crippen LogP contribution >= 0.6 is 12.4 Å². The number of halogens is 4. The van der Waals surface area contributed by atoms with Gasteiger partial charge in [-0.15, -0.1) is 22.6 Å². The Morgan fingerprint density at radius 3 is 2.64 bits per heavy atom. The van der Waals surface area contributed by atoms with E-state index in [1.165, 1.54) is 12.1 Å². The number of amides is 1. The molecule has 11 heteroatoms. The number of rotatable bonds is 2. The molecule has 7 nitrogen and oxygen atoms in total. The van der Waals surface area contributed by atoms with E-state index in [0.29, 0.717) is 46.6 Å². The second-order valence-electron chi connectivity index (χ2n) is 9.47. The zero-order chi connectivity index (χ0) is 24.5. The summed E-state index contributed by atoms with van der Waals surface area (Å²) in [6.07, 6.45) is 0.617. The first kappa shape index (κ1) is 24.3. The van der Waals surface area contributed by atoms with Gasteiger partial charge >= 0.3 is 0 Å². The number of alkyl halides is 2. The molecule has 1 amide bonds. The van der Waals surface area contributed by atoms with Crippen LogP contribution < -0.4 is 10.5 Å². The van der Waals surface area contributed by atoms with Crippen molar-refractivity contribution in [2.75, 3.05) is 11.4 Å². The number of fused-ring (bicyclic) bond motifs is 4. The molecule has 0 radical (unpaired) electrons. The van der Waals surface area contributed by atoms with Crippen molar-refractivity contribution in [3.63, 3.8) is 0 Å². The topological polar surface area (TPSA) is 83.4 Å². The Morgan fingerprint density at radius 2 is 1.89 bits per heavy atom. The van der Waals surface area contributed by atoms with Crippen LogP contribution in [-0.2, 0) is 6.42 Å². The van der Waals surface area contributed by atoms with E-state index in [9.17, 15) is 22.8 Å². The van der Waals surface area contributed by atoms with Crippen LogP contribution in [0.5, 0.6) is 0 Å². The molecule has 1 aliphatic heterocycles. The summed E-state index contributed by atoms with van der Waals surface area (Å²) in [5, 5.41) is 8.24. The number of benzene rings is 2. The van der Waals surface area contributed by atoms with Crippen molar-refractivity contribution in [3.8, 4) is 0 Å². The van der Waals surface area contributed by atoms with Crippen molar-refractivity contribution < 1.29 is 18.0 Å². The van der Waals surface area contributed by atoms with E-state index in [0.717, 1.165) is 5.56 Å². The van der Waals surface area contributed by atoms with Gasteiger partial charge in [-0.1, -0.05) is 0 Å². The van der Waals surface area contributed by atoms with E-state index in [1.807, 2.05) is 0 Å². The van der Waals surface area contributed by atoms with Crippen LogP contribution in [0.3, 0.4) is 0 Å². The first-order valence-electron chi connectivity index (χ1n) is 11.6. The second-order valence-corrected chi connectivity index (χ2v) is 9.47. The molecule has 0 saturated heterocycles. The third-order valence-corrected chi connectivity index (χ3v) is 7.22. The third-order valence-electron chi connectivity index (χ3n) is 7.22. The van der Waals surface area contributed by atoms with Gasteiger partial charge in [-0.3, -0.25) is 14.0 Å². The molecule has 1 aliphatic carbocycles. The van der Waals surface area contributed by atoms with Gasteiger partial charge < -0.3 is 9.88 Å². The molecule has 1 N–H and O–H groups in total. The number of carbonyl (C=O) groups excluding carboxylic acids is 1. The number of nitrogens with one attached hydrogen (secondary N) is 1. The lowest BCUT2D eigenvalue weighted by molar-refractivity contribution is -0.0388. The summed E-state index contributed by atoms with van der Waals surface area (Å²) < 4.78 is 42.7. The predicted octanol–water partition coefficient (Wildman–Crippen LogP) is 4.94. The minimum absolute atomic E-state index is 0. The summed E-state index contributed by atoms with van der Waals surface area (Å²) in [7, 11) is 0. The summed E-state index contributed by atoms with van der Waals surface area (Å²) in [6.45, 7) is 2.24. The minimum atomic E-state index is -2.68. The molecule has 0 bridgehead atoms. The number of nitrogens with zero attached hydrogens (tertiary/aromatic N) is 4. The number of anilines is 1. The molecule has 2 aliphatic rings. The van der Waals surface area contributed by atoms with E-state index >= 15 is 0 Å². The summed E-state index contributed by atoms with van der Waals surface area (Å²) in [6, 6.07) is 7.81. The largest absolute Gasteiger partial charge is 0.317 e. The highest BCUT2D eigenvalue weighted by molar-refractivity contribution is 6.09.